The smallest absolute Gasteiger partial charge is 0.334 e. The van der Waals surface area contributed by atoms with E-state index in [1.165, 1.54) is 11.3 Å². The molecule has 1 N–H and O–H groups in total. The quantitative estimate of drug-likeness (QED) is 0.587. The lowest BCUT2D eigenvalue weighted by Gasteiger charge is -2.32. The van der Waals surface area contributed by atoms with E-state index < -0.39 is 10.0 Å². The largest absolute Gasteiger partial charge is 0.351 e. The van der Waals surface area contributed by atoms with Gasteiger partial charge >= 0.3 is 5.69 Å². The van der Waals surface area contributed by atoms with Gasteiger partial charge in [0.05, 0.1) is 4.92 Å². The molecule has 1 aliphatic rings. The maximum atomic E-state index is 12.3. The van der Waals surface area contributed by atoms with Gasteiger partial charge in [0, 0.05) is 26.2 Å². The highest BCUT2D eigenvalue weighted by Crippen LogP contribution is 2.33. The van der Waals surface area contributed by atoms with Crippen LogP contribution in [-0.4, -0.2) is 42.3 Å². The Morgan fingerprint density at radius 1 is 1.42 bits per heavy atom. The molecule has 0 saturated carbocycles. The molecule has 0 aromatic carbocycles. The van der Waals surface area contributed by atoms with Gasteiger partial charge in [-0.1, -0.05) is 13.0 Å². The van der Waals surface area contributed by atoms with Gasteiger partial charge in [-0.3, -0.25) is 10.1 Å². The summed E-state index contributed by atoms with van der Waals surface area (Å²) >= 11 is 1.18. The summed E-state index contributed by atoms with van der Waals surface area (Å²) in [7, 11) is -1.80. The highest BCUT2D eigenvalue weighted by atomic mass is 32.2. The number of nitrogens with one attached hydrogen (secondary N) is 1. The summed E-state index contributed by atoms with van der Waals surface area (Å²) in [5.41, 5.74) is 0.514. The molecule has 142 valence electrons. The van der Waals surface area contributed by atoms with Crippen molar-refractivity contribution in [3.63, 3.8) is 0 Å². The van der Waals surface area contributed by atoms with Crippen LogP contribution < -0.4 is 9.62 Å². The average Bonchev–Trinajstić information content (AvgIpc) is 3.23. The number of anilines is 1. The molecule has 0 aliphatic carbocycles. The molecule has 3 heterocycles. The molecule has 0 spiro atoms. The van der Waals surface area contributed by atoms with E-state index in [0.29, 0.717) is 48.1 Å². The average molecular weight is 399 g/mol. The molecular formula is C15H21N5O4S2. The normalized spacial score (nSPS) is 16.2. The van der Waals surface area contributed by atoms with Crippen molar-refractivity contribution in [1.29, 1.82) is 0 Å². The molecule has 0 atom stereocenters. The van der Waals surface area contributed by atoms with Crippen LogP contribution >= 0.6 is 11.3 Å². The van der Waals surface area contributed by atoms with E-state index in [0.717, 1.165) is 0 Å². The van der Waals surface area contributed by atoms with E-state index in [9.17, 15) is 18.5 Å². The minimum atomic E-state index is -3.50. The summed E-state index contributed by atoms with van der Waals surface area (Å²) in [6, 6.07) is 3.10. The molecule has 3 rings (SSSR count). The van der Waals surface area contributed by atoms with Gasteiger partial charge in [-0.2, -0.15) is 5.10 Å². The Morgan fingerprint density at radius 2 is 2.12 bits per heavy atom. The predicted molar refractivity (Wildman–Crippen MR) is 99.1 cm³/mol. The van der Waals surface area contributed by atoms with E-state index >= 15 is 0 Å². The van der Waals surface area contributed by atoms with Gasteiger partial charge in [0.2, 0.25) is 15.8 Å². The number of aryl methyl sites for hydroxylation is 2. The first-order valence-corrected chi connectivity index (χ1v) is 10.7. The second-order valence-electron chi connectivity index (χ2n) is 6.17. The Labute approximate surface area is 155 Å². The lowest BCUT2D eigenvalue weighted by atomic mass is 10.1. The van der Waals surface area contributed by atoms with Crippen molar-refractivity contribution >= 4 is 32.9 Å². The summed E-state index contributed by atoms with van der Waals surface area (Å²) in [5.74, 6) is 0.492. The number of hydrogen-bond donors (Lipinski definition) is 1. The first-order valence-electron chi connectivity index (χ1n) is 8.34. The maximum Gasteiger partial charge on any atom is 0.334 e. The molecule has 1 aliphatic heterocycles. The van der Waals surface area contributed by atoms with Crippen LogP contribution in [0.15, 0.2) is 21.7 Å². The van der Waals surface area contributed by atoms with Gasteiger partial charge in [0.15, 0.2) is 0 Å². The van der Waals surface area contributed by atoms with E-state index in [2.05, 4.69) is 9.82 Å². The summed E-state index contributed by atoms with van der Waals surface area (Å²) in [4.78, 5) is 13.0. The van der Waals surface area contributed by atoms with E-state index in [1.54, 1.807) is 29.2 Å². The fourth-order valence-electron chi connectivity index (χ4n) is 3.24. The van der Waals surface area contributed by atoms with Crippen LogP contribution in [0.4, 0.5) is 11.5 Å². The molecule has 1 fully saturated rings. The van der Waals surface area contributed by atoms with E-state index in [1.807, 2.05) is 11.8 Å². The molecule has 0 bridgehead atoms. The highest BCUT2D eigenvalue weighted by Gasteiger charge is 2.33. The first kappa shape index (κ1) is 18.8. The molecule has 26 heavy (non-hydrogen) atoms. The Morgan fingerprint density at radius 3 is 2.65 bits per heavy atom. The molecule has 0 unspecified atom stereocenters. The fraction of sp³-hybridized carbons (Fsp3) is 0.533. The zero-order valence-electron chi connectivity index (χ0n) is 14.6. The second-order valence-corrected chi connectivity index (χ2v) is 9.06. The third-order valence-corrected chi connectivity index (χ3v) is 7.37. The van der Waals surface area contributed by atoms with E-state index in [-0.39, 0.29) is 16.7 Å². The van der Waals surface area contributed by atoms with Crippen molar-refractivity contribution in [2.24, 2.45) is 7.05 Å². The summed E-state index contributed by atoms with van der Waals surface area (Å²) in [6.45, 7) is 2.90. The maximum absolute atomic E-state index is 12.3. The van der Waals surface area contributed by atoms with Gasteiger partial charge in [0.25, 0.3) is 0 Å². The van der Waals surface area contributed by atoms with Crippen LogP contribution in [0.3, 0.4) is 0 Å². The number of nitro groups is 1. The third-order valence-electron chi connectivity index (χ3n) is 4.46. The van der Waals surface area contributed by atoms with Crippen LogP contribution in [0, 0.1) is 10.1 Å². The molecule has 2 aromatic rings. The Hall–Kier alpha value is -1.98. The van der Waals surface area contributed by atoms with Crippen molar-refractivity contribution in [3.8, 4) is 0 Å². The molecule has 0 radical (unpaired) electrons. The summed E-state index contributed by atoms with van der Waals surface area (Å²) in [6.07, 6.45) is 1.64. The second kappa shape index (κ2) is 7.33. The number of nitrogens with zero attached hydrogens (tertiary/aromatic N) is 4. The van der Waals surface area contributed by atoms with Gasteiger partial charge < -0.3 is 4.90 Å². The lowest BCUT2D eigenvalue weighted by molar-refractivity contribution is -0.384. The van der Waals surface area contributed by atoms with Crippen molar-refractivity contribution in [2.45, 2.75) is 36.4 Å². The van der Waals surface area contributed by atoms with Crippen molar-refractivity contribution < 1.29 is 13.3 Å². The SMILES string of the molecule is CCc1nn(C)c(N2CCC(NS(=O)(=O)c3cccs3)CC2)c1[N+](=O)[O-]. The molecule has 9 nitrogen and oxygen atoms in total. The van der Waals surface area contributed by atoms with Crippen molar-refractivity contribution in [1.82, 2.24) is 14.5 Å². The van der Waals surface area contributed by atoms with Crippen LogP contribution in [-0.2, 0) is 23.5 Å². The van der Waals surface area contributed by atoms with Gasteiger partial charge in [-0.05, 0) is 30.7 Å². The lowest BCUT2D eigenvalue weighted by Crippen LogP contribution is -2.45. The standard InChI is InChI=1S/C15H21N5O4S2/c1-3-12-14(20(21)22)15(18(2)16-12)19-8-6-11(7-9-19)17-26(23,24)13-5-4-10-25-13/h4-5,10-11,17H,3,6-9H2,1-2H3. The summed E-state index contributed by atoms with van der Waals surface area (Å²) < 4.78 is 29.3. The van der Waals surface area contributed by atoms with Gasteiger partial charge in [-0.15, -0.1) is 11.3 Å². The highest BCUT2D eigenvalue weighted by molar-refractivity contribution is 7.91. The minimum absolute atomic E-state index is 0.0487. The first-order chi connectivity index (χ1) is 12.3. The monoisotopic (exact) mass is 399 g/mol. The van der Waals surface area contributed by atoms with Crippen LogP contribution in [0.2, 0.25) is 0 Å². The molecule has 1 saturated heterocycles. The van der Waals surface area contributed by atoms with E-state index in [4.69, 9.17) is 0 Å². The number of aromatic nitrogens is 2. The van der Waals surface area contributed by atoms with Crippen LogP contribution in [0.1, 0.15) is 25.5 Å². The van der Waals surface area contributed by atoms with Crippen molar-refractivity contribution in [3.05, 3.63) is 33.3 Å². The molecular weight excluding hydrogens is 378 g/mol. The molecule has 2 aromatic heterocycles. The van der Waals surface area contributed by atoms with Crippen LogP contribution in [0.5, 0.6) is 0 Å². The predicted octanol–water partition coefficient (Wildman–Crippen LogP) is 1.90. The number of rotatable bonds is 6. The number of sulfonamides is 1. The van der Waals surface area contributed by atoms with Gasteiger partial charge in [0.1, 0.15) is 9.90 Å². The number of piperidine rings is 1. The zero-order valence-corrected chi connectivity index (χ0v) is 16.2. The molecule has 11 heteroatoms. The van der Waals surface area contributed by atoms with Gasteiger partial charge in [-0.25, -0.2) is 17.8 Å². The minimum Gasteiger partial charge on any atom is -0.351 e. The number of hydrogen-bond acceptors (Lipinski definition) is 7. The zero-order chi connectivity index (χ0) is 18.9. The Bertz CT molecular complexity index is 884. The fourth-order valence-corrected chi connectivity index (χ4v) is 5.56. The Balaban J connectivity index is 1.72. The topological polar surface area (TPSA) is 110 Å². The Kier molecular flexibility index (Phi) is 5.30. The number of thiophene rings is 1. The summed E-state index contributed by atoms with van der Waals surface area (Å²) in [5, 5.41) is 17.5. The third kappa shape index (κ3) is 3.60. The van der Waals surface area contributed by atoms with Crippen LogP contribution in [0.25, 0.3) is 0 Å². The van der Waals surface area contributed by atoms with Crippen molar-refractivity contribution in [2.75, 3.05) is 18.0 Å². The molecule has 0 amide bonds.